The van der Waals surface area contributed by atoms with Crippen LogP contribution in [0.15, 0.2) is 42.5 Å². The van der Waals surface area contributed by atoms with Gasteiger partial charge in [0, 0.05) is 48.7 Å². The molecular weight excluding hydrogens is 338 g/mol. The Hall–Kier alpha value is -1.88. The van der Waals surface area contributed by atoms with Gasteiger partial charge in [0.05, 0.1) is 0 Å². The maximum Gasteiger partial charge on any atom is 0.253 e. The van der Waals surface area contributed by atoms with Crippen molar-refractivity contribution >= 4 is 17.5 Å². The van der Waals surface area contributed by atoms with Crippen molar-refractivity contribution < 1.29 is 15.0 Å². The number of carbonyl (C=O) groups excluding carboxylic acids is 1. The Kier molecular flexibility index (Phi) is 5.42. The van der Waals surface area contributed by atoms with Crippen LogP contribution in [0.3, 0.4) is 0 Å². The fraction of sp³-hybridized carbons (Fsp3) is 0.350. The van der Waals surface area contributed by atoms with E-state index in [1.54, 1.807) is 11.0 Å². The summed E-state index contributed by atoms with van der Waals surface area (Å²) in [6.07, 6.45) is 0. The highest BCUT2D eigenvalue weighted by Crippen LogP contribution is 2.28. The number of rotatable bonds is 4. The molecular formula is C20H22ClNO3. The van der Waals surface area contributed by atoms with E-state index in [0.717, 1.165) is 16.7 Å². The lowest BCUT2D eigenvalue weighted by Gasteiger charge is -2.17. The van der Waals surface area contributed by atoms with E-state index < -0.39 is 0 Å². The zero-order chi connectivity index (χ0) is 18.0. The molecule has 2 aromatic carbocycles. The van der Waals surface area contributed by atoms with Crippen molar-refractivity contribution in [1.82, 2.24) is 4.90 Å². The van der Waals surface area contributed by atoms with Crippen LogP contribution in [-0.4, -0.2) is 47.3 Å². The molecule has 1 saturated heterocycles. The molecule has 2 N–H and O–H groups in total. The zero-order valence-electron chi connectivity index (χ0n) is 14.2. The minimum Gasteiger partial charge on any atom is -0.396 e. The van der Waals surface area contributed by atoms with Crippen molar-refractivity contribution in [2.45, 2.75) is 6.92 Å². The largest absolute Gasteiger partial charge is 0.396 e. The predicted molar refractivity (Wildman–Crippen MR) is 98.7 cm³/mol. The second-order valence-corrected chi connectivity index (χ2v) is 7.07. The standard InChI is InChI=1S/C20H22ClNO3/c1-13-7-18(21)5-6-19(13)14-3-2-4-15(8-14)20(25)22-9-16(11-23)17(10-22)12-24/h2-8,16-17,23-24H,9-12H2,1H3. The first-order chi connectivity index (χ1) is 12.0. The molecule has 0 aromatic heterocycles. The van der Waals surface area contributed by atoms with Crippen LogP contribution in [-0.2, 0) is 0 Å². The van der Waals surface area contributed by atoms with E-state index in [-0.39, 0.29) is 31.0 Å². The van der Waals surface area contributed by atoms with Crippen molar-refractivity contribution in [1.29, 1.82) is 0 Å². The summed E-state index contributed by atoms with van der Waals surface area (Å²) in [5.41, 5.74) is 3.68. The molecule has 0 saturated carbocycles. The number of aliphatic hydroxyl groups excluding tert-OH is 2. The smallest absolute Gasteiger partial charge is 0.253 e. The van der Waals surface area contributed by atoms with E-state index in [1.165, 1.54) is 0 Å². The lowest BCUT2D eigenvalue weighted by molar-refractivity contribution is 0.0778. The van der Waals surface area contributed by atoms with Gasteiger partial charge in [0.15, 0.2) is 0 Å². The fourth-order valence-corrected chi connectivity index (χ4v) is 3.70. The molecule has 132 valence electrons. The van der Waals surface area contributed by atoms with E-state index in [2.05, 4.69) is 0 Å². The maximum atomic E-state index is 12.8. The molecule has 3 rings (SSSR count). The van der Waals surface area contributed by atoms with Crippen LogP contribution >= 0.6 is 11.6 Å². The van der Waals surface area contributed by atoms with E-state index in [9.17, 15) is 15.0 Å². The summed E-state index contributed by atoms with van der Waals surface area (Å²) in [6.45, 7) is 2.92. The van der Waals surface area contributed by atoms with Crippen molar-refractivity contribution in [3.8, 4) is 11.1 Å². The first kappa shape index (κ1) is 17.9. The molecule has 0 aliphatic carbocycles. The second kappa shape index (κ2) is 7.56. The number of halogens is 1. The maximum absolute atomic E-state index is 12.8. The lowest BCUT2D eigenvalue weighted by atomic mass is 9.98. The summed E-state index contributed by atoms with van der Waals surface area (Å²) in [5.74, 6) is -0.186. The molecule has 5 heteroatoms. The molecule has 25 heavy (non-hydrogen) atoms. The highest BCUT2D eigenvalue weighted by atomic mass is 35.5. The Labute approximate surface area is 152 Å². The summed E-state index contributed by atoms with van der Waals surface area (Å²) < 4.78 is 0. The van der Waals surface area contributed by atoms with Crippen LogP contribution in [0.25, 0.3) is 11.1 Å². The summed E-state index contributed by atoms with van der Waals surface area (Å²) in [7, 11) is 0. The molecule has 1 aliphatic rings. The third-order valence-corrected chi connectivity index (χ3v) is 5.18. The number of likely N-dealkylation sites (tertiary alicyclic amines) is 1. The van der Waals surface area contributed by atoms with E-state index in [1.807, 2.05) is 43.3 Å². The van der Waals surface area contributed by atoms with Gasteiger partial charge in [-0.05, 0) is 47.9 Å². The van der Waals surface area contributed by atoms with Gasteiger partial charge in [0.1, 0.15) is 0 Å². The second-order valence-electron chi connectivity index (χ2n) is 6.64. The third kappa shape index (κ3) is 3.71. The molecule has 0 bridgehead atoms. The molecule has 2 aromatic rings. The monoisotopic (exact) mass is 359 g/mol. The highest BCUT2D eigenvalue weighted by Gasteiger charge is 2.34. The van der Waals surface area contributed by atoms with Crippen molar-refractivity contribution in [2.75, 3.05) is 26.3 Å². The molecule has 1 aliphatic heterocycles. The fourth-order valence-electron chi connectivity index (χ4n) is 3.47. The van der Waals surface area contributed by atoms with Crippen LogP contribution in [0.2, 0.25) is 5.02 Å². The molecule has 1 heterocycles. The minimum atomic E-state index is -0.0668. The predicted octanol–water partition coefficient (Wildman–Crippen LogP) is 2.99. The SMILES string of the molecule is Cc1cc(Cl)ccc1-c1cccc(C(=O)N2CC(CO)C(CO)C2)c1. The molecule has 0 spiro atoms. The summed E-state index contributed by atoms with van der Waals surface area (Å²) >= 11 is 6.03. The van der Waals surface area contributed by atoms with Crippen molar-refractivity contribution in [2.24, 2.45) is 11.8 Å². The number of aliphatic hydroxyl groups is 2. The summed E-state index contributed by atoms with van der Waals surface area (Å²) in [4.78, 5) is 14.6. The van der Waals surface area contributed by atoms with Gasteiger partial charge >= 0.3 is 0 Å². The number of carbonyl (C=O) groups is 1. The summed E-state index contributed by atoms with van der Waals surface area (Å²) in [6, 6.07) is 13.3. The molecule has 4 nitrogen and oxygen atoms in total. The Morgan fingerprint density at radius 2 is 1.80 bits per heavy atom. The van der Waals surface area contributed by atoms with Gasteiger partial charge in [-0.25, -0.2) is 0 Å². The number of benzene rings is 2. The van der Waals surface area contributed by atoms with Crippen LogP contribution in [0.1, 0.15) is 15.9 Å². The zero-order valence-corrected chi connectivity index (χ0v) is 14.9. The van der Waals surface area contributed by atoms with Gasteiger partial charge < -0.3 is 15.1 Å². The van der Waals surface area contributed by atoms with Gasteiger partial charge in [-0.15, -0.1) is 0 Å². The Morgan fingerprint density at radius 1 is 1.12 bits per heavy atom. The van der Waals surface area contributed by atoms with Crippen LogP contribution < -0.4 is 0 Å². The minimum absolute atomic E-state index is 0.0149. The normalized spacial score (nSPS) is 20.1. The third-order valence-electron chi connectivity index (χ3n) is 4.94. The molecule has 1 amide bonds. The molecule has 2 unspecified atom stereocenters. The van der Waals surface area contributed by atoms with Gasteiger partial charge in [0.2, 0.25) is 0 Å². The van der Waals surface area contributed by atoms with Gasteiger partial charge in [0.25, 0.3) is 5.91 Å². The number of nitrogens with zero attached hydrogens (tertiary/aromatic N) is 1. The summed E-state index contributed by atoms with van der Waals surface area (Å²) in [5, 5.41) is 19.5. The van der Waals surface area contributed by atoms with E-state index >= 15 is 0 Å². The molecule has 2 atom stereocenters. The number of hydrogen-bond donors (Lipinski definition) is 2. The lowest BCUT2D eigenvalue weighted by Crippen LogP contribution is -2.29. The van der Waals surface area contributed by atoms with Crippen LogP contribution in [0.5, 0.6) is 0 Å². The van der Waals surface area contributed by atoms with Gasteiger partial charge in [-0.1, -0.05) is 29.8 Å². The van der Waals surface area contributed by atoms with Crippen molar-refractivity contribution in [3.63, 3.8) is 0 Å². The Balaban J connectivity index is 1.85. The molecule has 0 radical (unpaired) electrons. The Bertz CT molecular complexity index is 765. The van der Waals surface area contributed by atoms with E-state index in [4.69, 9.17) is 11.6 Å². The quantitative estimate of drug-likeness (QED) is 0.882. The first-order valence-corrected chi connectivity index (χ1v) is 8.79. The Morgan fingerprint density at radius 3 is 2.40 bits per heavy atom. The average Bonchev–Trinajstić information content (AvgIpc) is 3.04. The highest BCUT2D eigenvalue weighted by molar-refractivity contribution is 6.30. The number of hydrogen-bond acceptors (Lipinski definition) is 3. The number of amides is 1. The molecule has 1 fully saturated rings. The van der Waals surface area contributed by atoms with Crippen LogP contribution in [0, 0.1) is 18.8 Å². The average molecular weight is 360 g/mol. The van der Waals surface area contributed by atoms with Gasteiger partial charge in [-0.2, -0.15) is 0 Å². The topological polar surface area (TPSA) is 60.8 Å². The van der Waals surface area contributed by atoms with Crippen LogP contribution in [0.4, 0.5) is 0 Å². The first-order valence-electron chi connectivity index (χ1n) is 8.41. The van der Waals surface area contributed by atoms with Gasteiger partial charge in [-0.3, -0.25) is 4.79 Å². The number of aryl methyl sites for hydroxylation is 1. The van der Waals surface area contributed by atoms with Crippen molar-refractivity contribution in [3.05, 3.63) is 58.6 Å². The van der Waals surface area contributed by atoms with E-state index in [0.29, 0.717) is 23.7 Å².